The van der Waals surface area contributed by atoms with E-state index < -0.39 is 11.4 Å². The number of hydrogen-bond donors (Lipinski definition) is 2. The first-order chi connectivity index (χ1) is 24.3. The molecular weight excluding hydrogens is 649 g/mol. The summed E-state index contributed by atoms with van der Waals surface area (Å²) in [6.07, 6.45) is 10.1. The molecule has 6 rings (SSSR count). The summed E-state index contributed by atoms with van der Waals surface area (Å²) in [4.78, 5) is 9.71. The number of aliphatic hydroxyl groups excluding tert-OH is 2. The van der Waals surface area contributed by atoms with Gasteiger partial charge in [0.05, 0.1) is 23.5 Å². The number of allylic oxidation sites excluding steroid dienone is 1. The molecule has 0 bridgehead atoms. The molecule has 1 saturated heterocycles. The summed E-state index contributed by atoms with van der Waals surface area (Å²) in [7, 11) is 0. The smallest absolute Gasteiger partial charge is 0.231 e. The highest BCUT2D eigenvalue weighted by Gasteiger charge is 2.64. The third-order valence-corrected chi connectivity index (χ3v) is 11.6. The van der Waals surface area contributed by atoms with E-state index in [0.29, 0.717) is 19.6 Å². The second-order valence-electron chi connectivity index (χ2n) is 15.1. The van der Waals surface area contributed by atoms with Crippen LogP contribution in [0.5, 0.6) is 11.5 Å². The standard InChI is InChI=1S/C41H56N2O6S/c1-5-24-47-41-37(50-31-14-7-6-8-15-31)28-35(42-49-40(2,3)4)33-26-29(13-9-11-22-44)32(16-10-12-23-45)38(39(33)41)34-27-30(17-18-36(34)48-41)46-25-21-43-19-20-43/h5-8,14-15,17-18,26-27,29,32,37-39,44-45H,1,9-13,16,19-25,28H2,2-4H3/t29-,32+,37-,38+,39+,41+/m0/s1. The lowest BCUT2D eigenvalue weighted by molar-refractivity contribution is -0.223. The van der Waals surface area contributed by atoms with Gasteiger partial charge in [-0.05, 0) is 94.2 Å². The fraction of sp³-hybridized carbons (Fsp3) is 0.585. The molecule has 9 heteroatoms. The molecule has 0 unspecified atom stereocenters. The number of thioether (sulfide) groups is 1. The fourth-order valence-electron chi connectivity index (χ4n) is 7.96. The van der Waals surface area contributed by atoms with Crippen LogP contribution >= 0.6 is 11.8 Å². The molecule has 2 fully saturated rings. The van der Waals surface area contributed by atoms with Crippen molar-refractivity contribution in [2.24, 2.45) is 22.9 Å². The van der Waals surface area contributed by atoms with E-state index in [2.05, 4.69) is 54.0 Å². The van der Waals surface area contributed by atoms with Crippen LogP contribution in [0.15, 0.2) is 82.9 Å². The average molecular weight is 705 g/mol. The Bertz CT molecular complexity index is 1490. The number of hydrogen-bond acceptors (Lipinski definition) is 9. The van der Waals surface area contributed by atoms with Gasteiger partial charge in [-0.3, -0.25) is 4.90 Å². The number of ether oxygens (including phenoxy) is 3. The predicted octanol–water partition coefficient (Wildman–Crippen LogP) is 7.61. The molecule has 2 heterocycles. The summed E-state index contributed by atoms with van der Waals surface area (Å²) in [5.74, 6) is 1.04. The highest BCUT2D eigenvalue weighted by molar-refractivity contribution is 8.00. The summed E-state index contributed by atoms with van der Waals surface area (Å²) < 4.78 is 20.7. The SMILES string of the molecule is C=CCO[C@@]12Oc3ccc(OCCN4CC4)cc3[C@H]3[C@H](CCCCO)[C@@H](CCCCO)C=C(C(=NOC(C)(C)C)C[C@@H]1Sc1ccccc1)[C@H]32. The lowest BCUT2D eigenvalue weighted by Gasteiger charge is -2.58. The molecule has 1 saturated carbocycles. The van der Waals surface area contributed by atoms with Crippen molar-refractivity contribution in [1.29, 1.82) is 0 Å². The summed E-state index contributed by atoms with van der Waals surface area (Å²) >= 11 is 1.78. The van der Waals surface area contributed by atoms with Gasteiger partial charge in [-0.2, -0.15) is 0 Å². The lowest BCUT2D eigenvalue weighted by Crippen LogP contribution is -2.64. The van der Waals surface area contributed by atoms with Gasteiger partial charge >= 0.3 is 0 Å². The predicted molar refractivity (Wildman–Crippen MR) is 200 cm³/mol. The fourth-order valence-corrected chi connectivity index (χ4v) is 9.27. The Labute approximate surface area is 302 Å². The number of oxime groups is 1. The van der Waals surface area contributed by atoms with Gasteiger partial charge in [-0.25, -0.2) is 0 Å². The molecule has 0 amide bonds. The first-order valence-electron chi connectivity index (χ1n) is 18.6. The minimum atomic E-state index is -1.01. The Morgan fingerprint density at radius 2 is 1.80 bits per heavy atom. The van der Waals surface area contributed by atoms with E-state index >= 15 is 0 Å². The number of nitrogens with zero attached hydrogens (tertiary/aromatic N) is 2. The molecule has 0 radical (unpaired) electrons. The lowest BCUT2D eigenvalue weighted by atomic mass is 9.56. The van der Waals surface area contributed by atoms with Gasteiger partial charge < -0.3 is 29.3 Å². The Balaban J connectivity index is 1.52. The van der Waals surface area contributed by atoms with Gasteiger partial charge in [0.2, 0.25) is 5.79 Å². The number of rotatable bonds is 18. The van der Waals surface area contributed by atoms with E-state index in [1.165, 1.54) is 0 Å². The summed E-state index contributed by atoms with van der Waals surface area (Å²) in [5, 5.41) is 24.4. The Morgan fingerprint density at radius 1 is 1.04 bits per heavy atom. The molecule has 6 atom stereocenters. The largest absolute Gasteiger partial charge is 0.492 e. The average Bonchev–Trinajstić information content (AvgIpc) is 3.93. The summed E-state index contributed by atoms with van der Waals surface area (Å²) in [6.45, 7) is 14.7. The normalized spacial score (nSPS) is 27.9. The van der Waals surface area contributed by atoms with Crippen molar-refractivity contribution in [2.45, 2.75) is 93.2 Å². The zero-order valence-corrected chi connectivity index (χ0v) is 30.9. The van der Waals surface area contributed by atoms with Crippen LogP contribution in [0.2, 0.25) is 0 Å². The van der Waals surface area contributed by atoms with E-state index in [1.54, 1.807) is 11.8 Å². The van der Waals surface area contributed by atoms with E-state index in [-0.39, 0.29) is 42.1 Å². The topological polar surface area (TPSA) is 92.8 Å². The van der Waals surface area contributed by atoms with Crippen molar-refractivity contribution in [3.05, 3.63) is 78.4 Å². The van der Waals surface area contributed by atoms with Crippen LogP contribution in [-0.4, -0.2) is 83.5 Å². The molecular formula is C41H56N2O6S. The molecule has 2 aliphatic carbocycles. The van der Waals surface area contributed by atoms with E-state index in [0.717, 1.165) is 91.4 Å². The minimum Gasteiger partial charge on any atom is -0.492 e. The molecule has 8 nitrogen and oxygen atoms in total. The molecule has 0 spiro atoms. The monoisotopic (exact) mass is 704 g/mol. The number of aliphatic hydroxyl groups is 2. The Kier molecular flexibility index (Phi) is 12.3. The summed E-state index contributed by atoms with van der Waals surface area (Å²) in [5.41, 5.74) is 2.77. The number of fused-ring (bicyclic) bond motifs is 2. The van der Waals surface area contributed by atoms with Gasteiger partial charge in [0, 0.05) is 55.6 Å². The zero-order chi connectivity index (χ0) is 35.1. The number of benzene rings is 2. The third kappa shape index (κ3) is 8.61. The molecule has 4 aliphatic rings. The van der Waals surface area contributed by atoms with Crippen molar-refractivity contribution < 1.29 is 29.3 Å². The minimum absolute atomic E-state index is 0.0381. The van der Waals surface area contributed by atoms with Crippen LogP contribution in [0.3, 0.4) is 0 Å². The van der Waals surface area contributed by atoms with Gasteiger partial charge in [0.25, 0.3) is 0 Å². The van der Waals surface area contributed by atoms with Gasteiger partial charge in [0.15, 0.2) is 0 Å². The van der Waals surface area contributed by atoms with Crippen LogP contribution < -0.4 is 9.47 Å². The van der Waals surface area contributed by atoms with Crippen molar-refractivity contribution in [3.8, 4) is 11.5 Å². The van der Waals surface area contributed by atoms with Crippen LogP contribution in [0.25, 0.3) is 0 Å². The molecule has 50 heavy (non-hydrogen) atoms. The van der Waals surface area contributed by atoms with Crippen molar-refractivity contribution in [1.82, 2.24) is 4.90 Å². The second kappa shape index (κ2) is 16.7. The highest BCUT2D eigenvalue weighted by Crippen LogP contribution is 2.63. The molecule has 2 aromatic rings. The zero-order valence-electron chi connectivity index (χ0n) is 30.1. The van der Waals surface area contributed by atoms with Crippen molar-refractivity contribution >= 4 is 17.5 Å². The molecule has 2 aromatic carbocycles. The van der Waals surface area contributed by atoms with Crippen molar-refractivity contribution in [2.75, 3.05) is 46.1 Å². The van der Waals surface area contributed by atoms with Crippen molar-refractivity contribution in [3.63, 3.8) is 0 Å². The quantitative estimate of drug-likeness (QED) is 0.0710. The molecule has 2 N–H and O–H groups in total. The Hall–Kier alpha value is -2.82. The number of unbranched alkanes of at least 4 members (excludes halogenated alkanes) is 2. The Morgan fingerprint density at radius 3 is 2.50 bits per heavy atom. The van der Waals surface area contributed by atoms with Crippen LogP contribution in [-0.2, 0) is 9.57 Å². The van der Waals surface area contributed by atoms with Gasteiger partial charge in [-0.1, -0.05) is 48.3 Å². The van der Waals surface area contributed by atoms with Gasteiger partial charge in [0.1, 0.15) is 23.7 Å². The molecule has 0 aromatic heterocycles. The van der Waals surface area contributed by atoms with E-state index in [1.807, 2.05) is 39.0 Å². The maximum absolute atomic E-state index is 9.85. The first kappa shape index (κ1) is 37.0. The maximum Gasteiger partial charge on any atom is 0.231 e. The van der Waals surface area contributed by atoms with Crippen LogP contribution in [0, 0.1) is 17.8 Å². The molecule has 2 aliphatic heterocycles. The summed E-state index contributed by atoms with van der Waals surface area (Å²) in [6, 6.07) is 16.8. The second-order valence-corrected chi connectivity index (χ2v) is 16.3. The highest BCUT2D eigenvalue weighted by atomic mass is 32.2. The maximum atomic E-state index is 9.85. The van der Waals surface area contributed by atoms with E-state index in [4.69, 9.17) is 24.2 Å². The molecule has 272 valence electrons. The third-order valence-electron chi connectivity index (χ3n) is 10.3. The van der Waals surface area contributed by atoms with E-state index in [9.17, 15) is 10.2 Å². The van der Waals surface area contributed by atoms with Gasteiger partial charge in [-0.15, -0.1) is 18.3 Å². The van der Waals surface area contributed by atoms with Crippen LogP contribution in [0.4, 0.5) is 0 Å². The van der Waals surface area contributed by atoms with Crippen LogP contribution in [0.1, 0.15) is 77.2 Å². The first-order valence-corrected chi connectivity index (χ1v) is 19.5.